The average molecular weight is 874 g/mol. The predicted octanol–water partition coefficient (Wildman–Crippen LogP) is 12.6. The van der Waals surface area contributed by atoms with Gasteiger partial charge in [-0.05, 0) is 51.4 Å². The third-order valence-corrected chi connectivity index (χ3v) is 10.8. The summed E-state index contributed by atoms with van der Waals surface area (Å²) in [5.74, 6) is -2.31. The Balaban J connectivity index is 4.36. The van der Waals surface area contributed by atoms with Crippen molar-refractivity contribution in [2.45, 2.75) is 225 Å². The summed E-state index contributed by atoms with van der Waals surface area (Å²) in [5, 5.41) is 11.7. The molecule has 62 heavy (non-hydrogen) atoms. The van der Waals surface area contributed by atoms with Gasteiger partial charge in [-0.15, -0.1) is 0 Å². The van der Waals surface area contributed by atoms with Gasteiger partial charge in [0, 0.05) is 12.8 Å². The second kappa shape index (κ2) is 44.8. The highest BCUT2D eigenvalue weighted by atomic mass is 16.7. The summed E-state index contributed by atoms with van der Waals surface area (Å²) in [4.78, 5) is 37.1. The molecular formula is C53H95NO8. The zero-order valence-corrected chi connectivity index (χ0v) is 40.7. The molecule has 0 aromatic rings. The minimum atomic E-state index is -1.63. The minimum Gasteiger partial charge on any atom is -0.545 e. The van der Waals surface area contributed by atoms with Gasteiger partial charge in [-0.3, -0.25) is 9.59 Å². The van der Waals surface area contributed by atoms with E-state index in [1.165, 1.54) is 109 Å². The maximum absolute atomic E-state index is 12.8. The minimum absolute atomic E-state index is 0.142. The number of carbonyl (C=O) groups excluding carboxylic acids is 3. The zero-order chi connectivity index (χ0) is 45.6. The second-order valence-electron chi connectivity index (χ2n) is 18.1. The fraction of sp³-hybridized carbons (Fsp3) is 0.792. The standard InChI is InChI=1S/C53H95NO8/c1-6-8-10-12-14-16-18-20-22-24-25-26-28-29-31-33-35-37-39-41-43-50(55)60-47-49(48-61-53(52(57)58)59-46-45-54(3,4)5)62-51(56)44-42-40-38-36-34-32-30-27-23-21-19-17-15-13-11-9-7-2/h9,11,15,17,21,23,30,32,49,53H,6-8,10,12-14,16,18-20,22,24-29,31,33-48H2,1-5H3/b11-9-,17-15-,23-21-,32-30-. The van der Waals surface area contributed by atoms with E-state index in [4.69, 9.17) is 18.9 Å². The van der Waals surface area contributed by atoms with Crippen LogP contribution in [-0.4, -0.2) is 82.3 Å². The first kappa shape index (κ1) is 59.2. The summed E-state index contributed by atoms with van der Waals surface area (Å²) >= 11 is 0. The molecule has 0 spiro atoms. The molecule has 0 amide bonds. The van der Waals surface area contributed by atoms with Crippen molar-refractivity contribution < 1.29 is 42.9 Å². The molecular weight excluding hydrogens is 779 g/mol. The molecule has 0 aliphatic rings. The van der Waals surface area contributed by atoms with Gasteiger partial charge >= 0.3 is 11.9 Å². The van der Waals surface area contributed by atoms with Crippen LogP contribution in [0.3, 0.4) is 0 Å². The largest absolute Gasteiger partial charge is 0.545 e. The maximum atomic E-state index is 12.8. The molecule has 0 fully saturated rings. The first-order chi connectivity index (χ1) is 30.1. The Morgan fingerprint density at radius 3 is 1.37 bits per heavy atom. The van der Waals surface area contributed by atoms with E-state index in [1.54, 1.807) is 0 Å². The van der Waals surface area contributed by atoms with E-state index >= 15 is 0 Å². The van der Waals surface area contributed by atoms with Crippen molar-refractivity contribution in [3.05, 3.63) is 48.6 Å². The highest BCUT2D eigenvalue weighted by Crippen LogP contribution is 2.16. The molecule has 0 saturated carbocycles. The van der Waals surface area contributed by atoms with Crippen molar-refractivity contribution in [3.8, 4) is 0 Å². The van der Waals surface area contributed by atoms with Crippen molar-refractivity contribution >= 4 is 17.9 Å². The molecule has 0 N–H and O–H groups in total. The Morgan fingerprint density at radius 2 is 0.919 bits per heavy atom. The van der Waals surface area contributed by atoms with E-state index in [9.17, 15) is 19.5 Å². The molecule has 0 aliphatic heterocycles. The van der Waals surface area contributed by atoms with Gasteiger partial charge in [-0.25, -0.2) is 0 Å². The van der Waals surface area contributed by atoms with Crippen LogP contribution in [0.1, 0.15) is 213 Å². The van der Waals surface area contributed by atoms with Gasteiger partial charge in [0.25, 0.3) is 0 Å². The number of carboxylic acid groups (broad SMARTS) is 1. The predicted molar refractivity (Wildman–Crippen MR) is 255 cm³/mol. The van der Waals surface area contributed by atoms with Crippen LogP contribution in [0.25, 0.3) is 0 Å². The lowest BCUT2D eigenvalue weighted by Crippen LogP contribution is -2.44. The Labute approximate surface area is 381 Å². The van der Waals surface area contributed by atoms with E-state index < -0.39 is 24.3 Å². The Morgan fingerprint density at radius 1 is 0.500 bits per heavy atom. The lowest BCUT2D eigenvalue weighted by Gasteiger charge is -2.26. The number of ether oxygens (including phenoxy) is 4. The maximum Gasteiger partial charge on any atom is 0.306 e. The van der Waals surface area contributed by atoms with Crippen LogP contribution in [-0.2, 0) is 33.3 Å². The summed E-state index contributed by atoms with van der Waals surface area (Å²) in [5.41, 5.74) is 0. The van der Waals surface area contributed by atoms with E-state index in [2.05, 4.69) is 62.5 Å². The lowest BCUT2D eigenvalue weighted by atomic mass is 10.0. The average Bonchev–Trinajstić information content (AvgIpc) is 3.23. The summed E-state index contributed by atoms with van der Waals surface area (Å²) < 4.78 is 22.6. The van der Waals surface area contributed by atoms with Crippen LogP contribution in [0, 0.1) is 0 Å². The summed E-state index contributed by atoms with van der Waals surface area (Å²) in [6, 6.07) is 0. The number of nitrogens with zero attached hydrogens (tertiary/aromatic N) is 1. The van der Waals surface area contributed by atoms with Crippen LogP contribution < -0.4 is 5.11 Å². The fourth-order valence-corrected chi connectivity index (χ4v) is 6.94. The Bertz CT molecular complexity index is 1160. The number of quaternary nitrogens is 1. The quantitative estimate of drug-likeness (QED) is 0.0195. The fourth-order valence-electron chi connectivity index (χ4n) is 6.94. The molecule has 2 unspecified atom stereocenters. The van der Waals surface area contributed by atoms with Crippen molar-refractivity contribution in [2.75, 3.05) is 47.5 Å². The number of likely N-dealkylation sites (N-methyl/N-ethyl adjacent to an activating group) is 1. The summed E-state index contributed by atoms with van der Waals surface area (Å²) in [7, 11) is 5.90. The molecule has 0 aromatic carbocycles. The number of unbranched alkanes of at least 4 members (excludes halogenated alkanes) is 23. The van der Waals surface area contributed by atoms with Crippen LogP contribution in [0.2, 0.25) is 0 Å². The van der Waals surface area contributed by atoms with E-state index in [1.807, 2.05) is 21.1 Å². The van der Waals surface area contributed by atoms with Gasteiger partial charge < -0.3 is 33.3 Å². The number of esters is 2. The van der Waals surface area contributed by atoms with Gasteiger partial charge in [-0.2, -0.15) is 0 Å². The van der Waals surface area contributed by atoms with Crippen LogP contribution in [0.4, 0.5) is 0 Å². The molecule has 0 rings (SSSR count). The van der Waals surface area contributed by atoms with Crippen LogP contribution >= 0.6 is 0 Å². The first-order valence-corrected chi connectivity index (χ1v) is 25.3. The van der Waals surface area contributed by atoms with Gasteiger partial charge in [0.1, 0.15) is 13.2 Å². The number of rotatable bonds is 46. The number of hydrogen-bond acceptors (Lipinski definition) is 8. The van der Waals surface area contributed by atoms with Gasteiger partial charge in [0.15, 0.2) is 12.4 Å². The topological polar surface area (TPSA) is 111 Å². The molecule has 9 nitrogen and oxygen atoms in total. The van der Waals surface area contributed by atoms with Gasteiger partial charge in [-0.1, -0.05) is 197 Å². The first-order valence-electron chi connectivity index (χ1n) is 25.3. The lowest BCUT2D eigenvalue weighted by molar-refractivity contribution is -0.870. The highest BCUT2D eigenvalue weighted by Gasteiger charge is 2.21. The van der Waals surface area contributed by atoms with Crippen molar-refractivity contribution in [1.82, 2.24) is 0 Å². The van der Waals surface area contributed by atoms with E-state index in [-0.39, 0.29) is 38.6 Å². The van der Waals surface area contributed by atoms with E-state index in [0.717, 1.165) is 70.6 Å². The third-order valence-electron chi connectivity index (χ3n) is 10.8. The van der Waals surface area contributed by atoms with Gasteiger partial charge in [0.2, 0.25) is 0 Å². The van der Waals surface area contributed by atoms with Gasteiger partial charge in [0.05, 0.1) is 40.3 Å². The second-order valence-corrected chi connectivity index (χ2v) is 18.1. The molecule has 0 radical (unpaired) electrons. The molecule has 2 atom stereocenters. The third kappa shape index (κ3) is 45.3. The number of allylic oxidation sites excluding steroid dienone is 8. The molecule has 360 valence electrons. The molecule has 0 bridgehead atoms. The monoisotopic (exact) mass is 874 g/mol. The Kier molecular flexibility index (Phi) is 42.9. The smallest absolute Gasteiger partial charge is 0.306 e. The van der Waals surface area contributed by atoms with Crippen molar-refractivity contribution in [1.29, 1.82) is 0 Å². The molecule has 0 saturated heterocycles. The van der Waals surface area contributed by atoms with Crippen molar-refractivity contribution in [3.63, 3.8) is 0 Å². The number of hydrogen-bond donors (Lipinski definition) is 0. The summed E-state index contributed by atoms with van der Waals surface area (Å²) in [6.07, 6.45) is 50.0. The number of carbonyl (C=O) groups is 3. The van der Waals surface area contributed by atoms with Crippen LogP contribution in [0.15, 0.2) is 48.6 Å². The Hall–Kier alpha value is -2.75. The SMILES string of the molecule is CC/C=C\C/C=C\C/C=C\C/C=C\CCCCCCC(=O)OC(COC(=O)CCCCCCCCCCCCCCCCCCCCCC)COC(OCC[N+](C)(C)C)C(=O)[O-]. The summed E-state index contributed by atoms with van der Waals surface area (Å²) in [6.45, 7) is 4.62. The number of carboxylic acids is 1. The van der Waals surface area contributed by atoms with Crippen LogP contribution in [0.5, 0.6) is 0 Å². The molecule has 0 aliphatic carbocycles. The molecule has 0 aromatic heterocycles. The molecule has 0 heterocycles. The normalized spacial score (nSPS) is 13.2. The molecule has 9 heteroatoms. The zero-order valence-electron chi connectivity index (χ0n) is 40.7. The number of aliphatic carboxylic acids is 1. The highest BCUT2D eigenvalue weighted by molar-refractivity contribution is 5.70. The van der Waals surface area contributed by atoms with Crippen molar-refractivity contribution in [2.24, 2.45) is 0 Å². The van der Waals surface area contributed by atoms with E-state index in [0.29, 0.717) is 17.4 Å².